The maximum atomic E-state index is 14.0. The predicted octanol–water partition coefficient (Wildman–Crippen LogP) is 1.75. The van der Waals surface area contributed by atoms with Gasteiger partial charge in [-0.1, -0.05) is 86.6 Å². The normalized spacial score (nSPS) is 15.6. The highest BCUT2D eigenvalue weighted by atomic mass is 32.2. The van der Waals surface area contributed by atoms with E-state index in [0.29, 0.717) is 24.9 Å². The van der Waals surface area contributed by atoms with E-state index >= 15 is 0 Å². The van der Waals surface area contributed by atoms with Crippen molar-refractivity contribution >= 4 is 33.8 Å². The summed E-state index contributed by atoms with van der Waals surface area (Å²) in [5.41, 5.74) is 14.3. The van der Waals surface area contributed by atoms with Crippen LogP contribution >= 0.6 is 0 Å². The fraction of sp³-hybridized carbons (Fsp3) is 0.463. The smallest absolute Gasteiger partial charge is 0.279 e. The molecule has 0 aromatic heterocycles. The number of amides is 4. The number of halogens is 1. The molecule has 3 aromatic rings. The minimum atomic E-state index is -3.89. The van der Waals surface area contributed by atoms with Gasteiger partial charge in [0.1, 0.15) is 23.9 Å². The molecular formula is C41H57FN8O6S. The highest BCUT2D eigenvalue weighted by molar-refractivity contribution is 7.87. The Labute approximate surface area is 335 Å². The van der Waals surface area contributed by atoms with E-state index in [0.717, 1.165) is 11.1 Å². The van der Waals surface area contributed by atoms with Crippen LogP contribution in [-0.2, 0) is 48.8 Å². The number of rotatable bonds is 21. The molecule has 0 unspecified atom stereocenters. The van der Waals surface area contributed by atoms with E-state index in [4.69, 9.17) is 11.5 Å². The van der Waals surface area contributed by atoms with Gasteiger partial charge in [-0.05, 0) is 73.4 Å². The lowest BCUT2D eigenvalue weighted by atomic mass is 9.99. The number of hydrogen-bond acceptors (Lipinski definition) is 8. The van der Waals surface area contributed by atoms with Crippen molar-refractivity contribution < 1.29 is 32.0 Å². The van der Waals surface area contributed by atoms with Crippen molar-refractivity contribution in [2.45, 2.75) is 83.1 Å². The molecule has 1 aliphatic heterocycles. The molecule has 4 rings (SSSR count). The molecule has 0 radical (unpaired) electrons. The molecule has 4 amide bonds. The lowest BCUT2D eigenvalue weighted by molar-refractivity contribution is -0.139. The van der Waals surface area contributed by atoms with Crippen LogP contribution in [0.4, 0.5) is 4.39 Å². The largest absolute Gasteiger partial charge is 0.343 e. The highest BCUT2D eigenvalue weighted by Gasteiger charge is 2.35. The van der Waals surface area contributed by atoms with Crippen LogP contribution in [0.25, 0.3) is 0 Å². The van der Waals surface area contributed by atoms with Crippen molar-refractivity contribution in [1.82, 2.24) is 29.9 Å². The number of hydrogen-bond donors (Lipinski definition) is 6. The van der Waals surface area contributed by atoms with Gasteiger partial charge in [0.2, 0.25) is 23.6 Å². The standard InChI is InChI=1S/C41H57FN8O6S/c1-29(2)25-36(48-40(53)37(27-31-13-7-4-8-14-31)47-38(51)34(44)26-30-11-5-3-6-12-30)39(52)46-35(15-9-10-20-43)41(54)49-21-23-50(24-22-49)57(55,56)45-28-32-16-18-33(42)19-17-32/h3-8,11-14,16-19,29,34-37,45H,9-10,15,20-28,43-44H2,1-2H3,(H,46,52)(H,47,51)(H,48,53)/t34-,35-,36-,37-/m1/s1. The zero-order chi connectivity index (χ0) is 41.4. The molecule has 14 nitrogen and oxygen atoms in total. The Kier molecular flexibility index (Phi) is 17.6. The molecule has 1 heterocycles. The second kappa shape index (κ2) is 22.3. The Morgan fingerprint density at radius 2 is 1.25 bits per heavy atom. The molecule has 0 aliphatic carbocycles. The molecule has 1 aliphatic rings. The Bertz CT molecular complexity index is 1850. The summed E-state index contributed by atoms with van der Waals surface area (Å²) in [5, 5.41) is 8.54. The molecule has 3 aromatic carbocycles. The Morgan fingerprint density at radius 1 is 0.702 bits per heavy atom. The van der Waals surface area contributed by atoms with Gasteiger partial charge in [-0.15, -0.1) is 0 Å². The fourth-order valence-corrected chi connectivity index (χ4v) is 7.71. The quantitative estimate of drug-likeness (QED) is 0.0872. The van der Waals surface area contributed by atoms with E-state index in [-0.39, 0.29) is 70.2 Å². The van der Waals surface area contributed by atoms with Gasteiger partial charge in [0.15, 0.2) is 0 Å². The molecular weight excluding hydrogens is 752 g/mol. The second-order valence-corrected chi connectivity index (χ2v) is 16.5. The third-order valence-corrected chi connectivity index (χ3v) is 11.3. The maximum absolute atomic E-state index is 14.0. The van der Waals surface area contributed by atoms with Gasteiger partial charge in [-0.2, -0.15) is 17.4 Å². The molecule has 0 bridgehead atoms. The summed E-state index contributed by atoms with van der Waals surface area (Å²) in [5.74, 6) is -2.46. The monoisotopic (exact) mass is 808 g/mol. The van der Waals surface area contributed by atoms with Crippen molar-refractivity contribution in [2.75, 3.05) is 32.7 Å². The molecule has 1 fully saturated rings. The third-order valence-electron chi connectivity index (χ3n) is 9.71. The van der Waals surface area contributed by atoms with Crippen molar-refractivity contribution in [1.29, 1.82) is 0 Å². The van der Waals surface area contributed by atoms with Gasteiger partial charge in [0.05, 0.1) is 6.04 Å². The van der Waals surface area contributed by atoms with E-state index in [1.54, 1.807) is 0 Å². The van der Waals surface area contributed by atoms with Crippen LogP contribution in [0.15, 0.2) is 84.9 Å². The van der Waals surface area contributed by atoms with Gasteiger partial charge in [0.25, 0.3) is 10.2 Å². The van der Waals surface area contributed by atoms with Gasteiger partial charge in [-0.25, -0.2) is 4.39 Å². The summed E-state index contributed by atoms with van der Waals surface area (Å²) in [4.78, 5) is 56.8. The van der Waals surface area contributed by atoms with Crippen molar-refractivity contribution in [2.24, 2.45) is 17.4 Å². The van der Waals surface area contributed by atoms with E-state index in [9.17, 15) is 32.0 Å². The number of carbonyl (C=O) groups excluding carboxylic acids is 4. The molecule has 0 saturated carbocycles. The van der Waals surface area contributed by atoms with Crippen molar-refractivity contribution in [3.8, 4) is 0 Å². The number of benzene rings is 3. The first-order chi connectivity index (χ1) is 27.2. The summed E-state index contributed by atoms with van der Waals surface area (Å²) < 4.78 is 43.1. The minimum absolute atomic E-state index is 0.0216. The number of unbranched alkanes of at least 4 members (excludes halogenated alkanes) is 1. The predicted molar refractivity (Wildman–Crippen MR) is 217 cm³/mol. The fourth-order valence-electron chi connectivity index (χ4n) is 6.53. The first-order valence-corrected chi connectivity index (χ1v) is 20.9. The van der Waals surface area contributed by atoms with E-state index < -0.39 is 57.9 Å². The SMILES string of the molecule is CC(C)C[C@@H](NC(=O)[C@@H](Cc1ccccc1)NC(=O)[C@H](N)Cc1ccccc1)C(=O)N[C@H](CCCCN)C(=O)N1CCN(S(=O)(=O)NCc2ccc(F)cc2)CC1. The summed E-state index contributed by atoms with van der Waals surface area (Å²) in [6.45, 7) is 4.44. The molecule has 57 heavy (non-hydrogen) atoms. The van der Waals surface area contributed by atoms with Crippen LogP contribution in [-0.4, -0.2) is 98.1 Å². The van der Waals surface area contributed by atoms with Crippen molar-refractivity contribution in [3.63, 3.8) is 0 Å². The topological polar surface area (TPSA) is 209 Å². The maximum Gasteiger partial charge on any atom is 0.279 e. The first kappa shape index (κ1) is 45.0. The zero-order valence-corrected chi connectivity index (χ0v) is 33.6. The van der Waals surface area contributed by atoms with Crippen LogP contribution in [0.2, 0.25) is 0 Å². The van der Waals surface area contributed by atoms with Crippen LogP contribution in [0, 0.1) is 11.7 Å². The highest BCUT2D eigenvalue weighted by Crippen LogP contribution is 2.14. The molecule has 0 spiro atoms. The number of nitrogens with one attached hydrogen (secondary N) is 4. The van der Waals surface area contributed by atoms with Crippen LogP contribution in [0.1, 0.15) is 56.2 Å². The summed E-state index contributed by atoms with van der Waals surface area (Å²) in [7, 11) is -3.89. The molecule has 1 saturated heterocycles. The van der Waals surface area contributed by atoms with E-state index in [2.05, 4.69) is 20.7 Å². The third kappa shape index (κ3) is 14.6. The van der Waals surface area contributed by atoms with Gasteiger partial charge in [0, 0.05) is 39.1 Å². The summed E-state index contributed by atoms with van der Waals surface area (Å²) >= 11 is 0. The number of nitrogens with zero attached hydrogens (tertiary/aromatic N) is 2. The summed E-state index contributed by atoms with van der Waals surface area (Å²) in [6.07, 6.45) is 2.12. The Balaban J connectivity index is 1.43. The van der Waals surface area contributed by atoms with Crippen LogP contribution < -0.4 is 32.1 Å². The Morgan fingerprint density at radius 3 is 1.82 bits per heavy atom. The average molecular weight is 809 g/mol. The Hall–Kier alpha value is -4.74. The van der Waals surface area contributed by atoms with Crippen molar-refractivity contribution in [3.05, 3.63) is 107 Å². The minimum Gasteiger partial charge on any atom is -0.343 e. The van der Waals surface area contributed by atoms with E-state index in [1.807, 2.05) is 74.5 Å². The lowest BCUT2D eigenvalue weighted by Gasteiger charge is -2.36. The molecule has 310 valence electrons. The van der Waals surface area contributed by atoms with Gasteiger partial charge >= 0.3 is 0 Å². The number of nitrogens with two attached hydrogens (primary N) is 2. The molecule has 4 atom stereocenters. The number of piperazine rings is 1. The van der Waals surface area contributed by atoms with Gasteiger partial charge in [-0.3, -0.25) is 19.2 Å². The molecule has 16 heteroatoms. The summed E-state index contributed by atoms with van der Waals surface area (Å²) in [6, 6.07) is 20.0. The zero-order valence-electron chi connectivity index (χ0n) is 32.7. The van der Waals surface area contributed by atoms with E-state index in [1.165, 1.54) is 33.5 Å². The first-order valence-electron chi connectivity index (χ1n) is 19.5. The second-order valence-electron chi connectivity index (χ2n) is 14.8. The lowest BCUT2D eigenvalue weighted by Crippen LogP contribution is -2.60. The van der Waals surface area contributed by atoms with Crippen LogP contribution in [0.3, 0.4) is 0 Å². The molecule has 8 N–H and O–H groups in total. The average Bonchev–Trinajstić information content (AvgIpc) is 3.20. The van der Waals surface area contributed by atoms with Crippen LogP contribution in [0.5, 0.6) is 0 Å². The van der Waals surface area contributed by atoms with Gasteiger partial charge < -0.3 is 32.3 Å². The number of carbonyl (C=O) groups is 4.